The van der Waals surface area contributed by atoms with Gasteiger partial charge in [-0.1, -0.05) is 12.1 Å². The van der Waals surface area contributed by atoms with Gasteiger partial charge in [-0.25, -0.2) is 4.79 Å². The molecule has 1 fully saturated rings. The summed E-state index contributed by atoms with van der Waals surface area (Å²) >= 11 is 0. The van der Waals surface area contributed by atoms with Crippen LogP contribution in [0.4, 0.5) is 0 Å². The summed E-state index contributed by atoms with van der Waals surface area (Å²) in [5.41, 5.74) is -1.18. The first-order chi connectivity index (χ1) is 13.3. The summed E-state index contributed by atoms with van der Waals surface area (Å²) in [7, 11) is 0. The van der Waals surface area contributed by atoms with E-state index in [9.17, 15) is 29.1 Å². The van der Waals surface area contributed by atoms with E-state index in [0.29, 0.717) is 12.8 Å². The monoisotopic (exact) mass is 382 g/mol. The minimum atomic E-state index is -1.61. The van der Waals surface area contributed by atoms with Crippen molar-refractivity contribution in [3.63, 3.8) is 0 Å². The molecule has 28 heavy (non-hydrogen) atoms. The Kier molecular flexibility index (Phi) is 4.14. The van der Waals surface area contributed by atoms with E-state index < -0.39 is 23.3 Å². The average Bonchev–Trinajstić information content (AvgIpc) is 3.14. The van der Waals surface area contributed by atoms with Crippen molar-refractivity contribution < 1.29 is 29.1 Å². The van der Waals surface area contributed by atoms with Gasteiger partial charge in [0.1, 0.15) is 5.54 Å². The van der Waals surface area contributed by atoms with Gasteiger partial charge in [0.2, 0.25) is 0 Å². The summed E-state index contributed by atoms with van der Waals surface area (Å²) in [6.45, 7) is 0.211. The second-order valence-electron chi connectivity index (χ2n) is 7.39. The third kappa shape index (κ3) is 2.56. The second kappa shape index (κ2) is 6.40. The Hall–Kier alpha value is -3.29. The summed E-state index contributed by atoms with van der Waals surface area (Å²) in [4.78, 5) is 63.3. The zero-order chi connectivity index (χ0) is 20.1. The van der Waals surface area contributed by atoms with Crippen molar-refractivity contribution in [3.05, 3.63) is 47.5 Å². The van der Waals surface area contributed by atoms with E-state index in [-0.39, 0.29) is 48.2 Å². The van der Waals surface area contributed by atoms with Crippen LogP contribution in [-0.4, -0.2) is 56.6 Å². The van der Waals surface area contributed by atoms with Gasteiger partial charge < -0.3 is 5.11 Å². The molecule has 1 aromatic carbocycles. The highest BCUT2D eigenvalue weighted by Crippen LogP contribution is 2.41. The van der Waals surface area contributed by atoms with Crippen molar-refractivity contribution >= 4 is 29.6 Å². The molecule has 8 nitrogen and oxygen atoms in total. The summed E-state index contributed by atoms with van der Waals surface area (Å²) in [5.74, 6) is -3.21. The lowest BCUT2D eigenvalue weighted by Crippen LogP contribution is -2.59. The molecule has 1 aliphatic carbocycles. The van der Waals surface area contributed by atoms with Gasteiger partial charge in [-0.3, -0.25) is 29.0 Å². The minimum absolute atomic E-state index is 0.0737. The van der Waals surface area contributed by atoms with Gasteiger partial charge in [-0.15, -0.1) is 0 Å². The number of carbonyl (C=O) groups excluding carboxylic acids is 4. The number of carbonyl (C=O) groups is 5. The number of hydrogen-bond acceptors (Lipinski definition) is 5. The molecule has 0 saturated heterocycles. The van der Waals surface area contributed by atoms with Crippen molar-refractivity contribution in [1.82, 2.24) is 9.80 Å². The maximum atomic E-state index is 12.8. The van der Waals surface area contributed by atoms with Crippen LogP contribution in [-0.2, 0) is 14.4 Å². The van der Waals surface area contributed by atoms with Crippen LogP contribution in [0.15, 0.2) is 36.4 Å². The molecule has 0 bridgehead atoms. The first-order valence-corrected chi connectivity index (χ1v) is 9.10. The standard InChI is InChI=1S/C20H18N2O6/c23-15-5-6-16(24)21(15)11-12-7-9-20(10-8-12,19(27)28)22-17(25)13-3-1-2-4-14(13)18(22)26/h1-6,12H,7-11H2,(H,27,28). The van der Waals surface area contributed by atoms with Crippen LogP contribution in [0.25, 0.3) is 0 Å². The number of carboxylic acids is 1. The molecule has 0 aromatic heterocycles. The second-order valence-corrected chi connectivity index (χ2v) is 7.39. The van der Waals surface area contributed by atoms with Crippen LogP contribution < -0.4 is 0 Å². The fourth-order valence-electron chi connectivity index (χ4n) is 4.32. The van der Waals surface area contributed by atoms with E-state index in [1.54, 1.807) is 12.1 Å². The van der Waals surface area contributed by atoms with Crippen LogP contribution in [0.1, 0.15) is 46.4 Å². The quantitative estimate of drug-likeness (QED) is 0.784. The van der Waals surface area contributed by atoms with Crippen molar-refractivity contribution in [2.45, 2.75) is 31.2 Å². The van der Waals surface area contributed by atoms with Gasteiger partial charge in [0.05, 0.1) is 11.1 Å². The number of aliphatic carboxylic acids is 1. The highest BCUT2D eigenvalue weighted by Gasteiger charge is 2.55. The maximum Gasteiger partial charge on any atom is 0.330 e. The Morgan fingerprint density at radius 1 is 0.964 bits per heavy atom. The van der Waals surface area contributed by atoms with Gasteiger partial charge in [0, 0.05) is 18.7 Å². The predicted octanol–water partition coefficient (Wildman–Crippen LogP) is 1.22. The molecule has 4 rings (SSSR count). The molecular weight excluding hydrogens is 364 g/mol. The van der Waals surface area contributed by atoms with Gasteiger partial charge in [-0.05, 0) is 43.7 Å². The topological polar surface area (TPSA) is 112 Å². The SMILES string of the molecule is O=C1C=CC(=O)N1CC1CCC(C(=O)O)(N2C(=O)c3ccccc3C2=O)CC1. The number of amides is 4. The van der Waals surface area contributed by atoms with Crippen LogP contribution >= 0.6 is 0 Å². The van der Waals surface area contributed by atoms with E-state index >= 15 is 0 Å². The highest BCUT2D eigenvalue weighted by atomic mass is 16.4. The molecule has 144 valence electrons. The molecule has 8 heteroatoms. The molecule has 1 saturated carbocycles. The van der Waals surface area contributed by atoms with E-state index in [1.165, 1.54) is 24.3 Å². The number of rotatable bonds is 4. The lowest BCUT2D eigenvalue weighted by molar-refractivity contribution is -0.151. The molecule has 0 radical (unpaired) electrons. The molecule has 2 aliphatic heterocycles. The largest absolute Gasteiger partial charge is 0.479 e. The summed E-state index contributed by atoms with van der Waals surface area (Å²) in [5, 5.41) is 9.94. The minimum Gasteiger partial charge on any atom is -0.479 e. The number of imide groups is 2. The van der Waals surface area contributed by atoms with Gasteiger partial charge in [-0.2, -0.15) is 0 Å². The Labute approximate surface area is 160 Å². The van der Waals surface area contributed by atoms with Crippen molar-refractivity contribution in [2.24, 2.45) is 5.92 Å². The van der Waals surface area contributed by atoms with E-state index in [2.05, 4.69) is 0 Å². The maximum absolute atomic E-state index is 12.8. The Bertz CT molecular complexity index is 889. The Morgan fingerprint density at radius 2 is 1.46 bits per heavy atom. The summed E-state index contributed by atoms with van der Waals surface area (Å²) in [6, 6.07) is 6.31. The molecule has 1 aromatic rings. The van der Waals surface area contributed by atoms with Crippen molar-refractivity contribution in [1.29, 1.82) is 0 Å². The van der Waals surface area contributed by atoms with Gasteiger partial charge in [0.15, 0.2) is 0 Å². The predicted molar refractivity (Wildman–Crippen MR) is 95.1 cm³/mol. The van der Waals surface area contributed by atoms with Crippen molar-refractivity contribution in [3.8, 4) is 0 Å². The van der Waals surface area contributed by atoms with Crippen LogP contribution in [0.3, 0.4) is 0 Å². The summed E-state index contributed by atoms with van der Waals surface area (Å²) in [6.07, 6.45) is 3.37. The average molecular weight is 382 g/mol. The normalized spacial score (nSPS) is 26.9. The fourth-order valence-corrected chi connectivity index (χ4v) is 4.32. The molecule has 0 atom stereocenters. The first kappa shape index (κ1) is 18.1. The van der Waals surface area contributed by atoms with Gasteiger partial charge in [0.25, 0.3) is 23.6 Å². The number of fused-ring (bicyclic) bond motifs is 1. The molecule has 2 heterocycles. The molecule has 0 spiro atoms. The number of carboxylic acid groups (broad SMARTS) is 1. The first-order valence-electron chi connectivity index (χ1n) is 9.10. The highest BCUT2D eigenvalue weighted by molar-refractivity contribution is 6.23. The number of hydrogen-bond donors (Lipinski definition) is 1. The zero-order valence-corrected chi connectivity index (χ0v) is 15.0. The molecule has 3 aliphatic rings. The lowest BCUT2D eigenvalue weighted by atomic mass is 9.75. The van der Waals surface area contributed by atoms with Crippen LogP contribution in [0.2, 0.25) is 0 Å². The molecular formula is C20H18N2O6. The molecule has 0 unspecified atom stereocenters. The number of benzene rings is 1. The third-order valence-corrected chi connectivity index (χ3v) is 5.89. The van der Waals surface area contributed by atoms with Gasteiger partial charge >= 0.3 is 5.97 Å². The Balaban J connectivity index is 1.54. The lowest BCUT2D eigenvalue weighted by Gasteiger charge is -2.42. The summed E-state index contributed by atoms with van der Waals surface area (Å²) < 4.78 is 0. The molecule has 1 N–H and O–H groups in total. The smallest absolute Gasteiger partial charge is 0.330 e. The van der Waals surface area contributed by atoms with Crippen LogP contribution in [0, 0.1) is 5.92 Å². The number of nitrogens with zero attached hydrogens (tertiary/aromatic N) is 2. The Morgan fingerprint density at radius 3 is 1.93 bits per heavy atom. The van der Waals surface area contributed by atoms with E-state index in [4.69, 9.17) is 0 Å². The van der Waals surface area contributed by atoms with Crippen molar-refractivity contribution in [2.75, 3.05) is 6.54 Å². The van der Waals surface area contributed by atoms with Crippen LogP contribution in [0.5, 0.6) is 0 Å². The third-order valence-electron chi connectivity index (χ3n) is 5.89. The molecule has 4 amide bonds. The fraction of sp³-hybridized carbons (Fsp3) is 0.350. The zero-order valence-electron chi connectivity index (χ0n) is 15.0. The van der Waals surface area contributed by atoms with E-state index in [0.717, 1.165) is 9.80 Å². The van der Waals surface area contributed by atoms with E-state index in [1.807, 2.05) is 0 Å².